The molecule has 3 fully saturated rings. The van der Waals surface area contributed by atoms with Gasteiger partial charge in [0, 0.05) is 45.6 Å². The van der Waals surface area contributed by atoms with E-state index in [1.807, 2.05) is 4.90 Å². The summed E-state index contributed by atoms with van der Waals surface area (Å²) in [6, 6.07) is -0.354. The zero-order chi connectivity index (χ0) is 20.6. The van der Waals surface area contributed by atoms with Crippen molar-refractivity contribution in [2.45, 2.75) is 37.6 Å². The van der Waals surface area contributed by atoms with E-state index >= 15 is 0 Å². The number of carbonyl (C=O) groups excluding carboxylic acids is 3. The lowest BCUT2D eigenvalue weighted by molar-refractivity contribution is -0.140. The molecule has 9 nitrogen and oxygen atoms in total. The average Bonchev–Trinajstić information content (AvgIpc) is 2.91. The van der Waals surface area contributed by atoms with Gasteiger partial charge in [0.15, 0.2) is 0 Å². The Kier molecular flexibility index (Phi) is 5.46. The highest BCUT2D eigenvalue weighted by molar-refractivity contribution is 9.10. The predicted molar refractivity (Wildman–Crippen MR) is 109 cm³/mol. The minimum absolute atomic E-state index is 0.182. The number of likely N-dealkylation sites (N-methyl/N-ethyl adjacent to an activating group) is 1. The van der Waals surface area contributed by atoms with Crippen LogP contribution in [0.1, 0.15) is 32.1 Å². The summed E-state index contributed by atoms with van der Waals surface area (Å²) in [5.41, 5.74) is -0.743. The lowest BCUT2D eigenvalue weighted by Crippen LogP contribution is -2.53. The summed E-state index contributed by atoms with van der Waals surface area (Å²) in [7, 11) is 1.69. The van der Waals surface area contributed by atoms with E-state index in [-0.39, 0.29) is 24.4 Å². The highest BCUT2D eigenvalue weighted by Crippen LogP contribution is 2.39. The third kappa shape index (κ3) is 3.58. The second-order valence-electron chi connectivity index (χ2n) is 7.89. The zero-order valence-electron chi connectivity index (χ0n) is 16.5. The van der Waals surface area contributed by atoms with Gasteiger partial charge in [-0.25, -0.2) is 14.8 Å². The molecule has 3 aliphatic rings. The summed E-state index contributed by atoms with van der Waals surface area (Å²) in [5, 5.41) is 0. The highest BCUT2D eigenvalue weighted by Gasteiger charge is 2.56. The molecule has 0 N–H and O–H groups in total. The maximum atomic E-state index is 13.1. The Bertz CT molecular complexity index is 803. The van der Waals surface area contributed by atoms with Crippen LogP contribution in [0, 0.1) is 0 Å². The van der Waals surface area contributed by atoms with Crippen molar-refractivity contribution in [2.24, 2.45) is 0 Å². The van der Waals surface area contributed by atoms with E-state index in [2.05, 4.69) is 25.9 Å². The van der Waals surface area contributed by atoms with Crippen LogP contribution in [0.25, 0.3) is 0 Å². The van der Waals surface area contributed by atoms with Crippen LogP contribution in [0.3, 0.4) is 0 Å². The Hall–Kier alpha value is -2.23. The molecule has 0 bridgehead atoms. The maximum Gasteiger partial charge on any atom is 0.327 e. The Morgan fingerprint density at radius 3 is 2.31 bits per heavy atom. The largest absolute Gasteiger partial charge is 0.338 e. The zero-order valence-corrected chi connectivity index (χ0v) is 18.1. The second-order valence-corrected chi connectivity index (χ2v) is 8.81. The standard InChI is InChI=1S/C19H25BrN6O3/c1-23-18(29)26(16(28)19(23)5-3-2-4-6-19)13-15(27)24-7-9-25(10-8-24)17-21-11-14(20)12-22-17/h11-12H,2-10,13H2,1H3. The lowest BCUT2D eigenvalue weighted by Gasteiger charge is -2.36. The molecular formula is C19H25BrN6O3. The summed E-state index contributed by atoms with van der Waals surface area (Å²) in [6.07, 6.45) is 7.72. The van der Waals surface area contributed by atoms with E-state index in [1.165, 1.54) is 0 Å². The maximum absolute atomic E-state index is 13.1. The molecule has 0 radical (unpaired) electrons. The van der Waals surface area contributed by atoms with E-state index in [4.69, 9.17) is 0 Å². The van der Waals surface area contributed by atoms with Crippen LogP contribution in [0.2, 0.25) is 0 Å². The molecule has 156 valence electrons. The molecule has 2 aliphatic heterocycles. The molecule has 0 atom stereocenters. The SMILES string of the molecule is CN1C(=O)N(CC(=O)N2CCN(c3ncc(Br)cn3)CC2)C(=O)C12CCCCC2. The summed E-state index contributed by atoms with van der Waals surface area (Å²) in [5.74, 6) is 0.232. The third-order valence-electron chi connectivity index (χ3n) is 6.30. The molecule has 1 aliphatic carbocycles. The number of hydrogen-bond acceptors (Lipinski definition) is 6. The number of urea groups is 1. The normalized spacial score (nSPS) is 22.0. The number of piperazine rings is 1. The minimum Gasteiger partial charge on any atom is -0.338 e. The average molecular weight is 465 g/mol. The van der Waals surface area contributed by atoms with Crippen LogP contribution >= 0.6 is 15.9 Å². The number of hydrogen-bond donors (Lipinski definition) is 0. The minimum atomic E-state index is -0.743. The van der Waals surface area contributed by atoms with E-state index in [0.29, 0.717) is 45.0 Å². The number of halogens is 1. The first kappa shape index (κ1) is 20.1. The molecule has 10 heteroatoms. The van der Waals surface area contributed by atoms with E-state index in [9.17, 15) is 14.4 Å². The molecule has 0 unspecified atom stereocenters. The van der Waals surface area contributed by atoms with Gasteiger partial charge < -0.3 is 14.7 Å². The van der Waals surface area contributed by atoms with Crippen molar-refractivity contribution in [2.75, 3.05) is 44.7 Å². The van der Waals surface area contributed by atoms with E-state index in [1.54, 1.807) is 29.2 Å². The van der Waals surface area contributed by atoms with Crippen molar-refractivity contribution in [1.29, 1.82) is 0 Å². The molecule has 1 aromatic rings. The van der Waals surface area contributed by atoms with Gasteiger partial charge in [-0.1, -0.05) is 19.3 Å². The van der Waals surface area contributed by atoms with Crippen molar-refractivity contribution < 1.29 is 14.4 Å². The monoisotopic (exact) mass is 464 g/mol. The molecule has 1 spiro atoms. The quantitative estimate of drug-likeness (QED) is 0.629. The number of nitrogens with zero attached hydrogens (tertiary/aromatic N) is 6. The molecule has 0 aromatic carbocycles. The Balaban J connectivity index is 1.37. The predicted octanol–water partition coefficient (Wildman–Crippen LogP) is 1.48. The van der Waals surface area contributed by atoms with Gasteiger partial charge in [-0.15, -0.1) is 0 Å². The van der Waals surface area contributed by atoms with Gasteiger partial charge in [0.2, 0.25) is 11.9 Å². The van der Waals surface area contributed by atoms with Crippen LogP contribution in [0.15, 0.2) is 16.9 Å². The van der Waals surface area contributed by atoms with Crippen molar-refractivity contribution >= 4 is 39.7 Å². The van der Waals surface area contributed by atoms with Crippen molar-refractivity contribution in [3.05, 3.63) is 16.9 Å². The second kappa shape index (κ2) is 7.89. The fraction of sp³-hybridized carbons (Fsp3) is 0.632. The lowest BCUT2D eigenvalue weighted by atomic mass is 9.81. The number of amides is 4. The smallest absolute Gasteiger partial charge is 0.327 e. The first-order chi connectivity index (χ1) is 13.9. The van der Waals surface area contributed by atoms with Gasteiger partial charge in [-0.3, -0.25) is 14.5 Å². The number of imide groups is 1. The fourth-order valence-corrected chi connectivity index (χ4v) is 4.74. The Morgan fingerprint density at radius 1 is 1.07 bits per heavy atom. The van der Waals surface area contributed by atoms with Gasteiger partial charge in [-0.2, -0.15) is 0 Å². The fourth-order valence-electron chi connectivity index (χ4n) is 4.53. The van der Waals surface area contributed by atoms with Gasteiger partial charge >= 0.3 is 6.03 Å². The van der Waals surface area contributed by atoms with Crippen LogP contribution in [-0.2, 0) is 9.59 Å². The molecule has 2 saturated heterocycles. The molecule has 3 heterocycles. The van der Waals surface area contributed by atoms with E-state index < -0.39 is 5.54 Å². The summed E-state index contributed by atoms with van der Waals surface area (Å²) in [6.45, 7) is 2.06. The summed E-state index contributed by atoms with van der Waals surface area (Å²) in [4.78, 5) is 53.6. The summed E-state index contributed by atoms with van der Waals surface area (Å²) < 4.78 is 0.815. The van der Waals surface area contributed by atoms with Gasteiger partial charge in [0.05, 0.1) is 4.47 Å². The number of rotatable bonds is 3. The number of aromatic nitrogens is 2. The topological polar surface area (TPSA) is 90.0 Å². The van der Waals surface area contributed by atoms with Crippen molar-refractivity contribution in [3.8, 4) is 0 Å². The first-order valence-electron chi connectivity index (χ1n) is 10.0. The first-order valence-corrected chi connectivity index (χ1v) is 10.8. The van der Waals surface area contributed by atoms with Gasteiger partial charge in [-0.05, 0) is 28.8 Å². The van der Waals surface area contributed by atoms with Crippen LogP contribution in [0.4, 0.5) is 10.7 Å². The Morgan fingerprint density at radius 2 is 1.69 bits per heavy atom. The molecule has 29 heavy (non-hydrogen) atoms. The van der Waals surface area contributed by atoms with Crippen LogP contribution in [-0.4, -0.2) is 87.8 Å². The molecule has 4 rings (SSSR count). The van der Waals surface area contributed by atoms with Gasteiger partial charge in [0.1, 0.15) is 12.1 Å². The van der Waals surface area contributed by atoms with Crippen LogP contribution < -0.4 is 4.90 Å². The summed E-state index contributed by atoms with van der Waals surface area (Å²) >= 11 is 3.32. The number of anilines is 1. The Labute approximate surface area is 178 Å². The molecular weight excluding hydrogens is 440 g/mol. The van der Waals surface area contributed by atoms with E-state index in [0.717, 1.165) is 28.6 Å². The van der Waals surface area contributed by atoms with Crippen molar-refractivity contribution in [3.63, 3.8) is 0 Å². The molecule has 1 saturated carbocycles. The third-order valence-corrected chi connectivity index (χ3v) is 6.71. The highest BCUT2D eigenvalue weighted by atomic mass is 79.9. The number of carbonyl (C=O) groups is 3. The van der Waals surface area contributed by atoms with Crippen LogP contribution in [0.5, 0.6) is 0 Å². The van der Waals surface area contributed by atoms with Crippen molar-refractivity contribution in [1.82, 2.24) is 24.7 Å². The van der Waals surface area contributed by atoms with Gasteiger partial charge in [0.25, 0.3) is 5.91 Å². The molecule has 4 amide bonds. The molecule has 1 aromatic heterocycles.